The lowest BCUT2D eigenvalue weighted by molar-refractivity contribution is 0.103. The Morgan fingerprint density at radius 3 is 2.03 bits per heavy atom. The second kappa shape index (κ2) is 13.3. The van der Waals surface area contributed by atoms with Crippen LogP contribution in [0.5, 0.6) is 0 Å². The van der Waals surface area contributed by atoms with Crippen molar-refractivity contribution in [1.29, 1.82) is 0 Å². The van der Waals surface area contributed by atoms with Gasteiger partial charge < -0.3 is 9.05 Å². The SMILES string of the molecule is CCCCCOP(=O)(OCCCCC)C1(NS(=O)(=O)c2ccc(Br)cc2)C=C(Br)C(=O)c2ccccc21. The maximum atomic E-state index is 14.8. The van der Waals surface area contributed by atoms with E-state index >= 15 is 0 Å². The number of hydrogen-bond acceptors (Lipinski definition) is 6. The highest BCUT2D eigenvalue weighted by Crippen LogP contribution is 2.67. The number of ketones is 1. The van der Waals surface area contributed by atoms with Gasteiger partial charge in [0.1, 0.15) is 0 Å². The van der Waals surface area contributed by atoms with Gasteiger partial charge in [-0.3, -0.25) is 9.36 Å². The molecule has 0 bridgehead atoms. The Kier molecular flexibility index (Phi) is 10.9. The van der Waals surface area contributed by atoms with Crippen molar-refractivity contribution in [2.24, 2.45) is 0 Å². The summed E-state index contributed by atoms with van der Waals surface area (Å²) in [5.74, 6) is -0.349. The largest absolute Gasteiger partial charge is 0.360 e. The smallest absolute Gasteiger partial charge is 0.307 e. The number of benzene rings is 2. The number of fused-ring (bicyclic) bond motifs is 1. The van der Waals surface area contributed by atoms with Gasteiger partial charge in [-0.25, -0.2) is 8.42 Å². The number of sulfonamides is 1. The first-order valence-electron chi connectivity index (χ1n) is 12.3. The molecule has 11 heteroatoms. The summed E-state index contributed by atoms with van der Waals surface area (Å²) in [5.41, 5.74) is 0.433. The van der Waals surface area contributed by atoms with Gasteiger partial charge in [-0.15, -0.1) is 0 Å². The van der Waals surface area contributed by atoms with E-state index in [-0.39, 0.29) is 39.5 Å². The summed E-state index contributed by atoms with van der Waals surface area (Å²) in [5, 5.41) is -1.97. The third-order valence-corrected chi connectivity index (χ3v) is 11.1. The highest BCUT2D eigenvalue weighted by molar-refractivity contribution is 9.12. The molecule has 1 unspecified atom stereocenters. The standard InChI is InChI=1S/C26H32Br2NO6PS/c1-3-5-9-17-34-36(31,35-18-10-6-4-2)26(29-37(32,33)21-15-13-20(27)14-16-21)19-24(28)25(30)22-11-7-8-12-23(22)26/h7-8,11-16,19,29H,3-6,9-10,17-18H2,1-2H3. The molecule has 1 N–H and O–H groups in total. The molecule has 0 heterocycles. The first-order valence-corrected chi connectivity index (χ1v) is 16.9. The quantitative estimate of drug-likeness (QED) is 0.163. The minimum atomic E-state index is -4.29. The zero-order valence-electron chi connectivity index (χ0n) is 20.9. The summed E-state index contributed by atoms with van der Waals surface area (Å²) >= 11 is 6.61. The van der Waals surface area contributed by atoms with Gasteiger partial charge in [0.25, 0.3) is 0 Å². The van der Waals surface area contributed by atoms with Crippen LogP contribution < -0.4 is 4.72 Å². The van der Waals surface area contributed by atoms with Crippen LogP contribution in [0.25, 0.3) is 0 Å². The van der Waals surface area contributed by atoms with Crippen LogP contribution in [0.2, 0.25) is 0 Å². The molecule has 7 nitrogen and oxygen atoms in total. The average molecular weight is 677 g/mol. The maximum absolute atomic E-state index is 14.8. The molecule has 3 rings (SSSR count). The van der Waals surface area contributed by atoms with E-state index < -0.39 is 22.9 Å². The Morgan fingerprint density at radius 1 is 0.892 bits per heavy atom. The summed E-state index contributed by atoms with van der Waals surface area (Å²) < 4.78 is 57.8. The molecule has 0 saturated carbocycles. The van der Waals surface area contributed by atoms with Crippen molar-refractivity contribution in [3.8, 4) is 0 Å². The Balaban J connectivity index is 2.21. The molecule has 202 valence electrons. The van der Waals surface area contributed by atoms with Crippen molar-refractivity contribution < 1.29 is 26.8 Å². The van der Waals surface area contributed by atoms with Crippen LogP contribution in [0.3, 0.4) is 0 Å². The molecule has 37 heavy (non-hydrogen) atoms. The first-order chi connectivity index (χ1) is 17.6. The van der Waals surface area contributed by atoms with Gasteiger partial charge >= 0.3 is 7.60 Å². The number of carbonyl (C=O) groups excluding carboxylic acids is 1. The Hall–Kier alpha value is -1.13. The Bertz CT molecular complexity index is 1270. The van der Waals surface area contributed by atoms with E-state index in [4.69, 9.17) is 9.05 Å². The Labute approximate surface area is 236 Å². The van der Waals surface area contributed by atoms with Gasteiger partial charge in [0, 0.05) is 15.6 Å². The molecular formula is C26H32Br2NO6PS. The van der Waals surface area contributed by atoms with Crippen LogP contribution in [0.1, 0.15) is 68.3 Å². The van der Waals surface area contributed by atoms with Gasteiger partial charge in [0.05, 0.1) is 22.6 Å². The maximum Gasteiger partial charge on any atom is 0.360 e. The van der Waals surface area contributed by atoms with E-state index in [9.17, 15) is 17.8 Å². The number of nitrogens with one attached hydrogen (secondary N) is 1. The van der Waals surface area contributed by atoms with E-state index in [0.717, 1.165) is 25.7 Å². The summed E-state index contributed by atoms with van der Waals surface area (Å²) in [4.78, 5) is 13.0. The van der Waals surface area contributed by atoms with Crippen LogP contribution in [-0.4, -0.2) is 27.4 Å². The number of hydrogen-bond donors (Lipinski definition) is 1. The molecular weight excluding hydrogens is 645 g/mol. The minimum absolute atomic E-state index is 0.0301. The second-order valence-corrected chi connectivity index (χ2v) is 14.4. The van der Waals surface area contributed by atoms with Crippen molar-refractivity contribution in [2.45, 2.75) is 62.5 Å². The lowest BCUT2D eigenvalue weighted by atomic mass is 9.92. The van der Waals surface area contributed by atoms with Crippen molar-refractivity contribution in [1.82, 2.24) is 4.72 Å². The molecule has 0 saturated heterocycles. The van der Waals surface area contributed by atoms with Crippen molar-refractivity contribution in [2.75, 3.05) is 13.2 Å². The predicted molar refractivity (Wildman–Crippen MR) is 152 cm³/mol. The van der Waals surface area contributed by atoms with Crippen molar-refractivity contribution in [3.63, 3.8) is 0 Å². The monoisotopic (exact) mass is 675 g/mol. The molecule has 0 radical (unpaired) electrons. The zero-order valence-corrected chi connectivity index (χ0v) is 25.8. The number of rotatable bonds is 14. The van der Waals surface area contributed by atoms with E-state index in [1.807, 2.05) is 13.8 Å². The lowest BCUT2D eigenvalue weighted by Crippen LogP contribution is -2.47. The summed E-state index contributed by atoms with van der Waals surface area (Å²) in [6.07, 6.45) is 6.13. The van der Waals surface area contributed by atoms with Crippen molar-refractivity contribution >= 4 is 55.3 Å². The normalized spacial score (nSPS) is 17.9. The summed E-state index contributed by atoms with van der Waals surface area (Å²) in [6.45, 7) is 4.31. The van der Waals surface area contributed by atoms with Gasteiger partial charge in [-0.1, -0.05) is 79.7 Å². The molecule has 0 aliphatic heterocycles. The lowest BCUT2D eigenvalue weighted by Gasteiger charge is -2.40. The number of allylic oxidation sites excluding steroid dienone is 1. The van der Waals surface area contributed by atoms with E-state index in [1.165, 1.54) is 18.2 Å². The van der Waals surface area contributed by atoms with Crippen LogP contribution >= 0.6 is 39.5 Å². The Morgan fingerprint density at radius 2 is 1.46 bits per heavy atom. The van der Waals surface area contributed by atoms with Gasteiger partial charge in [-0.2, -0.15) is 4.72 Å². The highest BCUT2D eigenvalue weighted by atomic mass is 79.9. The molecule has 1 atom stereocenters. The fraction of sp³-hybridized carbons (Fsp3) is 0.423. The minimum Gasteiger partial charge on any atom is -0.307 e. The topological polar surface area (TPSA) is 98.8 Å². The van der Waals surface area contributed by atoms with Gasteiger partial charge in [0.2, 0.25) is 10.0 Å². The summed E-state index contributed by atoms with van der Waals surface area (Å²) in [7, 11) is -8.54. The number of Topliss-reactive ketones (excluding diaryl/α,β-unsaturated/α-hetero) is 1. The number of carbonyl (C=O) groups is 1. The average Bonchev–Trinajstić information content (AvgIpc) is 2.88. The molecule has 1 aliphatic carbocycles. The molecule has 0 aromatic heterocycles. The van der Waals surface area contributed by atoms with Crippen LogP contribution in [0, 0.1) is 0 Å². The highest BCUT2D eigenvalue weighted by Gasteiger charge is 2.57. The number of halogens is 2. The van der Waals surface area contributed by atoms with Crippen LogP contribution in [0.15, 0.2) is 68.5 Å². The molecule has 0 spiro atoms. The molecule has 0 fully saturated rings. The van der Waals surface area contributed by atoms with E-state index in [0.29, 0.717) is 17.3 Å². The first kappa shape index (κ1) is 30.4. The van der Waals surface area contributed by atoms with E-state index in [2.05, 4.69) is 36.6 Å². The second-order valence-electron chi connectivity index (χ2n) is 8.77. The third-order valence-electron chi connectivity index (χ3n) is 6.00. The molecule has 2 aromatic rings. The van der Waals surface area contributed by atoms with Crippen LogP contribution in [0.4, 0.5) is 0 Å². The van der Waals surface area contributed by atoms with Crippen molar-refractivity contribution in [3.05, 3.63) is 74.7 Å². The van der Waals surface area contributed by atoms with Gasteiger partial charge in [-0.05, 0) is 59.1 Å². The zero-order chi connectivity index (χ0) is 27.1. The third kappa shape index (κ3) is 6.90. The van der Waals surface area contributed by atoms with Crippen LogP contribution in [-0.2, 0) is 28.9 Å². The molecule has 0 amide bonds. The number of unbranched alkanes of at least 4 members (excludes halogenated alkanes) is 4. The molecule has 2 aromatic carbocycles. The fourth-order valence-electron chi connectivity index (χ4n) is 4.03. The summed E-state index contributed by atoms with van der Waals surface area (Å²) in [6, 6.07) is 12.6. The molecule has 1 aliphatic rings. The predicted octanol–water partition coefficient (Wildman–Crippen LogP) is 7.66. The fourth-order valence-corrected chi connectivity index (χ4v) is 9.02. The van der Waals surface area contributed by atoms with Gasteiger partial charge in [0.15, 0.2) is 11.1 Å². The van der Waals surface area contributed by atoms with E-state index in [1.54, 1.807) is 36.4 Å².